The largest absolute Gasteiger partial charge is 0.493 e. The molecule has 2 rings (SSSR count). The molecule has 0 heterocycles. The summed E-state index contributed by atoms with van der Waals surface area (Å²) in [7, 11) is 4.74. The number of methoxy groups -OCH3 is 3. The van der Waals surface area contributed by atoms with E-state index in [2.05, 4.69) is 0 Å². The summed E-state index contributed by atoms with van der Waals surface area (Å²) in [5.41, 5.74) is 2.50. The van der Waals surface area contributed by atoms with E-state index in [9.17, 15) is 4.79 Å². The predicted octanol–water partition coefficient (Wildman–Crippen LogP) is 3.58. The molecule has 21 heavy (non-hydrogen) atoms. The maximum Gasteiger partial charge on any atom is 0.203 e. The molecule has 2 aromatic carbocycles. The van der Waals surface area contributed by atoms with Gasteiger partial charge in [0.15, 0.2) is 17.3 Å². The molecule has 0 aliphatic heterocycles. The van der Waals surface area contributed by atoms with Gasteiger partial charge in [-0.3, -0.25) is 4.79 Å². The van der Waals surface area contributed by atoms with Crippen LogP contribution in [0.3, 0.4) is 0 Å². The molecule has 0 amide bonds. The van der Waals surface area contributed by atoms with Crippen LogP contribution in [-0.4, -0.2) is 27.1 Å². The van der Waals surface area contributed by atoms with E-state index in [-0.39, 0.29) is 5.78 Å². The Morgan fingerprint density at radius 1 is 0.810 bits per heavy atom. The molecule has 0 N–H and O–H groups in total. The Hall–Kier alpha value is -2.49. The molecule has 0 fully saturated rings. The zero-order valence-electron chi connectivity index (χ0n) is 12.6. The molecule has 0 spiro atoms. The summed E-state index contributed by atoms with van der Waals surface area (Å²) in [4.78, 5) is 11.3. The minimum absolute atomic E-state index is 0.0424. The highest BCUT2D eigenvalue weighted by Crippen LogP contribution is 2.44. The van der Waals surface area contributed by atoms with Crippen molar-refractivity contribution in [2.24, 2.45) is 0 Å². The van der Waals surface area contributed by atoms with Gasteiger partial charge in [-0.25, -0.2) is 0 Å². The Balaban J connectivity index is 2.55. The minimum atomic E-state index is 0.0424. The van der Waals surface area contributed by atoms with Crippen molar-refractivity contribution in [2.45, 2.75) is 6.92 Å². The van der Waals surface area contributed by atoms with Gasteiger partial charge in [0.1, 0.15) is 0 Å². The van der Waals surface area contributed by atoms with E-state index in [1.54, 1.807) is 40.4 Å². The number of ether oxygens (including phenoxy) is 3. The molecule has 0 aliphatic rings. The highest BCUT2D eigenvalue weighted by molar-refractivity contribution is 5.94. The SMILES string of the molecule is COc1ccc(-c2ccc(C(C)=O)cc2)c(OC)c1OC. The Bertz CT molecular complexity index is 645. The molecule has 0 aliphatic carbocycles. The first-order valence-corrected chi connectivity index (χ1v) is 6.52. The van der Waals surface area contributed by atoms with Gasteiger partial charge >= 0.3 is 0 Å². The van der Waals surface area contributed by atoms with E-state index < -0.39 is 0 Å². The lowest BCUT2D eigenvalue weighted by Crippen LogP contribution is -1.97. The number of hydrogen-bond donors (Lipinski definition) is 0. The lowest BCUT2D eigenvalue weighted by atomic mass is 10.0. The van der Waals surface area contributed by atoms with E-state index in [0.717, 1.165) is 11.1 Å². The van der Waals surface area contributed by atoms with Gasteiger partial charge in [0.2, 0.25) is 5.75 Å². The molecule has 0 aromatic heterocycles. The van der Waals surface area contributed by atoms with Gasteiger partial charge in [0, 0.05) is 11.1 Å². The third-order valence-electron chi connectivity index (χ3n) is 3.31. The van der Waals surface area contributed by atoms with Crippen molar-refractivity contribution in [1.29, 1.82) is 0 Å². The second-order valence-electron chi connectivity index (χ2n) is 4.52. The van der Waals surface area contributed by atoms with Crippen molar-refractivity contribution in [2.75, 3.05) is 21.3 Å². The smallest absolute Gasteiger partial charge is 0.203 e. The third-order valence-corrected chi connectivity index (χ3v) is 3.31. The molecule has 4 nitrogen and oxygen atoms in total. The van der Waals surface area contributed by atoms with Crippen LogP contribution in [0, 0.1) is 0 Å². The van der Waals surface area contributed by atoms with Crippen LogP contribution in [0.25, 0.3) is 11.1 Å². The highest BCUT2D eigenvalue weighted by atomic mass is 16.5. The number of hydrogen-bond acceptors (Lipinski definition) is 4. The van der Waals surface area contributed by atoms with E-state index in [1.165, 1.54) is 0 Å². The lowest BCUT2D eigenvalue weighted by Gasteiger charge is -2.16. The van der Waals surface area contributed by atoms with Crippen molar-refractivity contribution < 1.29 is 19.0 Å². The molecular formula is C17H18O4. The van der Waals surface area contributed by atoms with Crippen molar-refractivity contribution in [1.82, 2.24) is 0 Å². The van der Waals surface area contributed by atoms with Crippen molar-refractivity contribution in [3.8, 4) is 28.4 Å². The van der Waals surface area contributed by atoms with Gasteiger partial charge in [0.05, 0.1) is 21.3 Å². The molecule has 0 saturated carbocycles. The van der Waals surface area contributed by atoms with Crippen LogP contribution in [-0.2, 0) is 0 Å². The summed E-state index contributed by atoms with van der Waals surface area (Å²) in [6.07, 6.45) is 0. The average Bonchev–Trinajstić information content (AvgIpc) is 2.53. The lowest BCUT2D eigenvalue weighted by molar-refractivity contribution is 0.101. The van der Waals surface area contributed by atoms with Crippen LogP contribution in [0.1, 0.15) is 17.3 Å². The van der Waals surface area contributed by atoms with Gasteiger partial charge in [-0.2, -0.15) is 0 Å². The van der Waals surface area contributed by atoms with Gasteiger partial charge in [-0.15, -0.1) is 0 Å². The zero-order valence-corrected chi connectivity index (χ0v) is 12.6. The van der Waals surface area contributed by atoms with Crippen molar-refractivity contribution >= 4 is 5.78 Å². The number of benzene rings is 2. The molecule has 0 atom stereocenters. The maximum atomic E-state index is 11.3. The highest BCUT2D eigenvalue weighted by Gasteiger charge is 2.16. The second-order valence-corrected chi connectivity index (χ2v) is 4.52. The minimum Gasteiger partial charge on any atom is -0.493 e. The summed E-state index contributed by atoms with van der Waals surface area (Å²) in [5, 5.41) is 0. The molecule has 0 bridgehead atoms. The van der Waals surface area contributed by atoms with Gasteiger partial charge < -0.3 is 14.2 Å². The van der Waals surface area contributed by atoms with Gasteiger partial charge in [-0.05, 0) is 24.6 Å². The molecule has 0 radical (unpaired) electrons. The summed E-state index contributed by atoms with van der Waals surface area (Å²) in [5.74, 6) is 1.81. The van der Waals surface area contributed by atoms with Crippen LogP contribution in [0.4, 0.5) is 0 Å². The average molecular weight is 286 g/mol. The molecule has 4 heteroatoms. The van der Waals surface area contributed by atoms with Crippen LogP contribution in [0.15, 0.2) is 36.4 Å². The zero-order chi connectivity index (χ0) is 15.4. The van der Waals surface area contributed by atoms with Crippen LogP contribution in [0.5, 0.6) is 17.2 Å². The standard InChI is InChI=1S/C17H18O4/c1-11(18)12-5-7-13(8-6-12)14-9-10-15(19-2)17(21-4)16(14)20-3/h5-10H,1-4H3. The topological polar surface area (TPSA) is 44.8 Å². The number of ketones is 1. The van der Waals surface area contributed by atoms with Gasteiger partial charge in [0.25, 0.3) is 0 Å². The number of carbonyl (C=O) groups is 1. The predicted molar refractivity (Wildman–Crippen MR) is 81.5 cm³/mol. The van der Waals surface area contributed by atoms with E-state index in [0.29, 0.717) is 22.8 Å². The Morgan fingerprint density at radius 2 is 1.43 bits per heavy atom. The Kier molecular flexibility index (Phi) is 4.48. The maximum absolute atomic E-state index is 11.3. The second kappa shape index (κ2) is 6.31. The summed E-state index contributed by atoms with van der Waals surface area (Å²) >= 11 is 0. The Morgan fingerprint density at radius 3 is 1.90 bits per heavy atom. The van der Waals surface area contributed by atoms with Crippen LogP contribution in [0.2, 0.25) is 0 Å². The van der Waals surface area contributed by atoms with Crippen molar-refractivity contribution in [3.05, 3.63) is 42.0 Å². The molecule has 110 valence electrons. The van der Waals surface area contributed by atoms with E-state index >= 15 is 0 Å². The first-order valence-electron chi connectivity index (χ1n) is 6.52. The van der Waals surface area contributed by atoms with Gasteiger partial charge in [-0.1, -0.05) is 24.3 Å². The monoisotopic (exact) mass is 286 g/mol. The number of Topliss-reactive ketones (excluding diaryl/α,β-unsaturated/α-hetero) is 1. The quantitative estimate of drug-likeness (QED) is 0.788. The first kappa shape index (κ1) is 14.9. The van der Waals surface area contributed by atoms with E-state index in [1.807, 2.05) is 24.3 Å². The molecule has 0 saturated heterocycles. The Labute approximate surface area is 124 Å². The summed E-state index contributed by atoms with van der Waals surface area (Å²) < 4.78 is 16.1. The number of rotatable bonds is 5. The molecule has 0 unspecified atom stereocenters. The van der Waals surface area contributed by atoms with Crippen LogP contribution >= 0.6 is 0 Å². The molecular weight excluding hydrogens is 268 g/mol. The fourth-order valence-corrected chi connectivity index (χ4v) is 2.21. The fourth-order valence-electron chi connectivity index (χ4n) is 2.21. The number of carbonyl (C=O) groups excluding carboxylic acids is 1. The first-order chi connectivity index (χ1) is 10.1. The summed E-state index contributed by atoms with van der Waals surface area (Å²) in [6.45, 7) is 1.55. The third kappa shape index (κ3) is 2.84. The van der Waals surface area contributed by atoms with Crippen molar-refractivity contribution in [3.63, 3.8) is 0 Å². The van der Waals surface area contributed by atoms with E-state index in [4.69, 9.17) is 14.2 Å². The molecule has 2 aromatic rings. The normalized spacial score (nSPS) is 10.1. The summed E-state index contributed by atoms with van der Waals surface area (Å²) in [6, 6.07) is 11.1. The fraction of sp³-hybridized carbons (Fsp3) is 0.235. The van der Waals surface area contributed by atoms with Crippen LogP contribution < -0.4 is 14.2 Å².